The van der Waals surface area contributed by atoms with E-state index in [2.05, 4.69) is 32.4 Å². The highest BCUT2D eigenvalue weighted by molar-refractivity contribution is 9.10. The minimum absolute atomic E-state index is 0.0511. The molecule has 0 unspecified atom stereocenters. The second-order valence-corrected chi connectivity index (χ2v) is 7.73. The first-order valence-electron chi connectivity index (χ1n) is 8.87. The van der Waals surface area contributed by atoms with Gasteiger partial charge >= 0.3 is 6.09 Å². The topological polar surface area (TPSA) is 85.6 Å². The number of hydrogen-bond acceptors (Lipinski definition) is 5. The zero-order chi connectivity index (χ0) is 20.1. The van der Waals surface area contributed by atoms with Crippen molar-refractivity contribution in [2.45, 2.75) is 32.3 Å². The number of amides is 1. The van der Waals surface area contributed by atoms with Crippen LogP contribution in [0.5, 0.6) is 11.6 Å². The van der Waals surface area contributed by atoms with Crippen molar-refractivity contribution in [1.29, 1.82) is 0 Å². The van der Waals surface area contributed by atoms with Crippen molar-refractivity contribution >= 4 is 33.5 Å². The summed E-state index contributed by atoms with van der Waals surface area (Å²) in [7, 11) is 0. The van der Waals surface area contributed by atoms with Crippen molar-refractivity contribution < 1.29 is 19.4 Å². The van der Waals surface area contributed by atoms with Crippen molar-refractivity contribution in [3.8, 4) is 11.6 Å². The number of rotatable bonds is 6. The zero-order valence-electron chi connectivity index (χ0n) is 15.7. The van der Waals surface area contributed by atoms with E-state index in [1.165, 1.54) is 0 Å². The first kappa shape index (κ1) is 20.2. The summed E-state index contributed by atoms with van der Waals surface area (Å²) in [5.41, 5.74) is -0.119. The molecule has 1 heterocycles. The van der Waals surface area contributed by atoms with Gasteiger partial charge in [0.15, 0.2) is 5.82 Å². The summed E-state index contributed by atoms with van der Waals surface area (Å²) in [4.78, 5) is 12.4. The number of aromatic nitrogens is 2. The van der Waals surface area contributed by atoms with Gasteiger partial charge in [0.2, 0.25) is 5.88 Å². The van der Waals surface area contributed by atoms with E-state index in [-0.39, 0.29) is 12.5 Å². The number of benzene rings is 1. The van der Waals surface area contributed by atoms with Gasteiger partial charge in [-0.2, -0.15) is 0 Å². The lowest BCUT2D eigenvalue weighted by atomic mass is 10.1. The van der Waals surface area contributed by atoms with Gasteiger partial charge in [-0.05, 0) is 60.8 Å². The molecular formula is C20H22BrN3O4. The van der Waals surface area contributed by atoms with E-state index in [1.807, 2.05) is 18.2 Å². The van der Waals surface area contributed by atoms with Crippen LogP contribution in [0.3, 0.4) is 0 Å². The van der Waals surface area contributed by atoms with Crippen molar-refractivity contribution in [2.75, 3.05) is 11.9 Å². The van der Waals surface area contributed by atoms with Crippen molar-refractivity contribution in [1.82, 2.24) is 9.78 Å². The van der Waals surface area contributed by atoms with E-state index in [0.29, 0.717) is 16.0 Å². The second-order valence-electron chi connectivity index (χ2n) is 6.93. The van der Waals surface area contributed by atoms with Gasteiger partial charge < -0.3 is 14.6 Å². The van der Waals surface area contributed by atoms with Crippen LogP contribution in [-0.2, 0) is 0 Å². The number of para-hydroxylation sites is 1. The van der Waals surface area contributed by atoms with Crippen LogP contribution in [0.1, 0.15) is 26.7 Å². The number of ether oxygens (including phenoxy) is 2. The molecule has 7 nitrogen and oxygen atoms in total. The normalized spacial score (nSPS) is 13.8. The summed E-state index contributed by atoms with van der Waals surface area (Å²) in [5, 5.41) is 17.1. The average molecular weight is 448 g/mol. The Hall–Kier alpha value is -2.58. The van der Waals surface area contributed by atoms with Gasteiger partial charge in [0.05, 0.1) is 5.60 Å². The second kappa shape index (κ2) is 8.62. The summed E-state index contributed by atoms with van der Waals surface area (Å²) in [6, 6.07) is 8.79. The maximum Gasteiger partial charge on any atom is 0.418 e. The Balaban J connectivity index is 1.86. The van der Waals surface area contributed by atoms with E-state index < -0.39 is 11.7 Å². The van der Waals surface area contributed by atoms with Crippen molar-refractivity contribution in [3.05, 3.63) is 53.0 Å². The van der Waals surface area contributed by atoms with Gasteiger partial charge in [0.1, 0.15) is 16.8 Å². The molecule has 0 bridgehead atoms. The summed E-state index contributed by atoms with van der Waals surface area (Å²) in [6.45, 7) is 3.33. The fourth-order valence-corrected chi connectivity index (χ4v) is 2.98. The van der Waals surface area contributed by atoms with Crippen LogP contribution in [-0.4, -0.2) is 33.2 Å². The Morgan fingerprint density at radius 2 is 2.11 bits per heavy atom. The number of anilines is 1. The highest BCUT2D eigenvalue weighted by Crippen LogP contribution is 2.36. The molecule has 148 valence electrons. The summed E-state index contributed by atoms with van der Waals surface area (Å²) >= 11 is 3.44. The number of nitrogens with zero attached hydrogens (tertiary/aromatic N) is 2. The van der Waals surface area contributed by atoms with Crippen molar-refractivity contribution in [2.24, 2.45) is 0 Å². The van der Waals surface area contributed by atoms with Crippen LogP contribution in [0, 0.1) is 0 Å². The maximum absolute atomic E-state index is 12.4. The fourth-order valence-electron chi connectivity index (χ4n) is 2.52. The Bertz CT molecular complexity index is 898. The standard InChI is InChI=1S/C20H22BrN3O4/c1-20(2,26)13-27-18-16(21)17(24(23-18)14-9-5-3-6-10-14)22-19(25)28-15-11-7-4-8-12-15/h3-5,7-9,11-12,26H,6,10,13H2,1-2H3,(H,22,25). The molecule has 3 rings (SSSR count). The Kier molecular flexibility index (Phi) is 6.21. The molecule has 2 aromatic rings. The highest BCUT2D eigenvalue weighted by Gasteiger charge is 2.24. The maximum atomic E-state index is 12.4. The van der Waals surface area contributed by atoms with Gasteiger partial charge in [-0.25, -0.2) is 9.48 Å². The monoisotopic (exact) mass is 447 g/mol. The van der Waals surface area contributed by atoms with Crippen LogP contribution in [0.25, 0.3) is 5.70 Å². The Morgan fingerprint density at radius 3 is 2.75 bits per heavy atom. The molecule has 1 aliphatic rings. The number of halogens is 1. The molecule has 2 N–H and O–H groups in total. The molecule has 1 amide bonds. The predicted octanol–water partition coefficient (Wildman–Crippen LogP) is 4.60. The van der Waals surface area contributed by atoms with Crippen LogP contribution >= 0.6 is 15.9 Å². The largest absolute Gasteiger partial charge is 0.473 e. The third kappa shape index (κ3) is 5.24. The highest BCUT2D eigenvalue weighted by atomic mass is 79.9. The van der Waals surface area contributed by atoms with E-state index in [9.17, 15) is 9.90 Å². The summed E-state index contributed by atoms with van der Waals surface area (Å²) in [5.74, 6) is 1.10. The molecule has 0 saturated carbocycles. The fraction of sp³-hybridized carbons (Fsp3) is 0.300. The van der Waals surface area contributed by atoms with Gasteiger partial charge in [-0.3, -0.25) is 5.32 Å². The average Bonchev–Trinajstić information content (AvgIpc) is 2.97. The SMILES string of the molecule is CC(C)(O)COc1nn(C2=CC=CCC2)c(NC(=O)Oc2ccccc2)c1Br. The van der Waals surface area contributed by atoms with Crippen LogP contribution in [0.15, 0.2) is 53.0 Å². The molecule has 1 aromatic carbocycles. The lowest BCUT2D eigenvalue weighted by molar-refractivity contribution is 0.0264. The molecule has 28 heavy (non-hydrogen) atoms. The van der Waals surface area contributed by atoms with Gasteiger partial charge in [0.25, 0.3) is 0 Å². The predicted molar refractivity (Wildman–Crippen MR) is 110 cm³/mol. The number of carbonyl (C=O) groups is 1. The third-order valence-corrected chi connectivity index (χ3v) is 4.51. The van der Waals surface area contributed by atoms with Crippen LogP contribution < -0.4 is 14.8 Å². The molecular weight excluding hydrogens is 426 g/mol. The van der Waals surface area contributed by atoms with Crippen molar-refractivity contribution in [3.63, 3.8) is 0 Å². The Labute approximate surface area is 171 Å². The molecule has 1 aliphatic carbocycles. The molecule has 0 atom stereocenters. The molecule has 0 fully saturated rings. The van der Waals surface area contributed by atoms with Gasteiger partial charge in [-0.15, -0.1) is 5.10 Å². The molecule has 0 spiro atoms. The minimum Gasteiger partial charge on any atom is -0.473 e. The summed E-state index contributed by atoms with van der Waals surface area (Å²) in [6.07, 6.45) is 6.92. The third-order valence-electron chi connectivity index (χ3n) is 3.80. The molecule has 8 heteroatoms. The first-order valence-corrected chi connectivity index (χ1v) is 9.66. The van der Waals surface area contributed by atoms with Crippen LogP contribution in [0.2, 0.25) is 0 Å². The quantitative estimate of drug-likeness (QED) is 0.675. The minimum atomic E-state index is -1.02. The molecule has 0 saturated heterocycles. The molecule has 0 radical (unpaired) electrons. The van der Waals surface area contributed by atoms with E-state index >= 15 is 0 Å². The first-order chi connectivity index (χ1) is 13.3. The van der Waals surface area contributed by atoms with Crippen LogP contribution in [0.4, 0.5) is 10.6 Å². The Morgan fingerprint density at radius 1 is 1.36 bits per heavy atom. The molecule has 1 aromatic heterocycles. The number of nitrogens with one attached hydrogen (secondary N) is 1. The van der Waals surface area contributed by atoms with Gasteiger partial charge in [-0.1, -0.05) is 30.4 Å². The number of aliphatic hydroxyl groups is 1. The molecule has 0 aliphatic heterocycles. The summed E-state index contributed by atoms with van der Waals surface area (Å²) < 4.78 is 13.0. The van der Waals surface area contributed by atoms with E-state index in [4.69, 9.17) is 9.47 Å². The lowest BCUT2D eigenvalue weighted by Gasteiger charge is -2.16. The zero-order valence-corrected chi connectivity index (χ0v) is 17.3. The lowest BCUT2D eigenvalue weighted by Crippen LogP contribution is -2.28. The van der Waals surface area contributed by atoms with Gasteiger partial charge in [0, 0.05) is 5.70 Å². The number of allylic oxidation sites excluding steroid dienone is 4. The number of hydrogen-bond donors (Lipinski definition) is 2. The smallest absolute Gasteiger partial charge is 0.418 e. The van der Waals surface area contributed by atoms with E-state index in [0.717, 1.165) is 18.5 Å². The number of carbonyl (C=O) groups excluding carboxylic acids is 1. The van der Waals surface area contributed by atoms with E-state index in [1.54, 1.807) is 42.8 Å².